The molecule has 0 unspecified atom stereocenters. The van der Waals surface area contributed by atoms with Crippen LogP contribution in [-0.2, 0) is 14.4 Å². The fourth-order valence-corrected chi connectivity index (χ4v) is 13.8. The molecule has 0 aromatic rings. The van der Waals surface area contributed by atoms with Gasteiger partial charge in [0.05, 0.1) is 5.75 Å². The average molecular weight is 528 g/mol. The summed E-state index contributed by atoms with van der Waals surface area (Å²) in [6, 6.07) is 0.438. The van der Waals surface area contributed by atoms with E-state index in [0.29, 0.717) is 11.7 Å². The lowest BCUT2D eigenvalue weighted by Crippen LogP contribution is -2.54. The van der Waals surface area contributed by atoms with E-state index >= 15 is 0 Å². The molecular weight excluding hydrogens is 479 g/mol. The molecule has 4 saturated carbocycles. The van der Waals surface area contributed by atoms with E-state index in [1.165, 1.54) is 38.5 Å². The molecule has 0 saturated heterocycles. The van der Waals surface area contributed by atoms with Crippen molar-refractivity contribution in [2.24, 2.45) is 16.7 Å². The quantitative estimate of drug-likeness (QED) is 0.230. The lowest BCUT2D eigenvalue weighted by atomic mass is 9.70. The minimum Gasteiger partial charge on any atom is -0.540 e. The van der Waals surface area contributed by atoms with Crippen LogP contribution in [0.25, 0.3) is 0 Å². The summed E-state index contributed by atoms with van der Waals surface area (Å²) in [5.74, 6) is 0.909. The zero-order valence-electron chi connectivity index (χ0n) is 22.4. The number of hydrogen-bond acceptors (Lipinski definition) is 4. The van der Waals surface area contributed by atoms with Gasteiger partial charge in [-0.25, -0.2) is 8.42 Å². The summed E-state index contributed by atoms with van der Waals surface area (Å²) in [6.07, 6.45) is 14.7. The molecule has 0 aliphatic heterocycles. The monoisotopic (exact) mass is 527 g/mol. The van der Waals surface area contributed by atoms with Crippen molar-refractivity contribution in [3.8, 4) is 0 Å². The van der Waals surface area contributed by atoms with Crippen LogP contribution in [0.1, 0.15) is 97.3 Å². The van der Waals surface area contributed by atoms with Crippen LogP contribution in [0.2, 0.25) is 19.6 Å². The highest BCUT2D eigenvalue weighted by Crippen LogP contribution is 2.69. The first-order valence-electron chi connectivity index (χ1n) is 13.9. The van der Waals surface area contributed by atoms with Crippen molar-refractivity contribution >= 4 is 30.1 Å². The maximum Gasteiger partial charge on any atom is 0.242 e. The van der Waals surface area contributed by atoms with Crippen molar-refractivity contribution in [2.75, 3.05) is 5.75 Å². The molecule has 4 rings (SSSR count). The molecule has 7 heteroatoms. The zero-order chi connectivity index (χ0) is 24.8. The Morgan fingerprint density at radius 3 is 1.97 bits per heavy atom. The molecule has 0 radical (unpaired) electrons. The molecule has 0 heterocycles. The molecule has 4 aliphatic rings. The molecule has 196 valence electrons. The van der Waals surface area contributed by atoms with E-state index in [2.05, 4.69) is 44.4 Å². The van der Waals surface area contributed by atoms with Gasteiger partial charge in [-0.15, -0.1) is 0 Å². The summed E-state index contributed by atoms with van der Waals surface area (Å²) in [5, 5.41) is 1.08. The van der Waals surface area contributed by atoms with Crippen molar-refractivity contribution in [2.45, 2.75) is 134 Å². The SMILES string of the molecule is C=C(O[Si](C)(C)C)S[C@@H]1C[C@H]2CC[C@]1(CS(=O)(=O)N(C1CCCCC1)C1CCCCC1)C2(C)C. The highest BCUT2D eigenvalue weighted by molar-refractivity contribution is 8.03. The summed E-state index contributed by atoms with van der Waals surface area (Å²) in [6.45, 7) is 15.5. The van der Waals surface area contributed by atoms with E-state index in [4.69, 9.17) is 4.43 Å². The lowest BCUT2D eigenvalue weighted by Gasteiger charge is -2.46. The average Bonchev–Trinajstić information content (AvgIpc) is 3.08. The maximum absolute atomic E-state index is 14.5. The van der Waals surface area contributed by atoms with Gasteiger partial charge in [-0.05, 0) is 75.9 Å². The third-order valence-electron chi connectivity index (χ3n) is 9.68. The number of sulfonamides is 1. The Labute approximate surface area is 215 Å². The van der Waals surface area contributed by atoms with Crippen molar-refractivity contribution in [1.82, 2.24) is 4.31 Å². The van der Waals surface area contributed by atoms with Gasteiger partial charge in [0.1, 0.15) is 5.09 Å². The van der Waals surface area contributed by atoms with Crippen LogP contribution in [0.4, 0.5) is 0 Å². The van der Waals surface area contributed by atoms with Crippen LogP contribution < -0.4 is 0 Å². The van der Waals surface area contributed by atoms with Crippen molar-refractivity contribution < 1.29 is 12.8 Å². The Balaban J connectivity index is 1.62. The van der Waals surface area contributed by atoms with E-state index in [-0.39, 0.29) is 28.2 Å². The third-order valence-corrected chi connectivity index (χ3v) is 14.1. The number of thioether (sulfide) groups is 1. The second kappa shape index (κ2) is 10.1. The minimum atomic E-state index is -3.37. The van der Waals surface area contributed by atoms with Gasteiger partial charge in [-0.2, -0.15) is 4.31 Å². The largest absolute Gasteiger partial charge is 0.540 e. The predicted octanol–water partition coefficient (Wildman–Crippen LogP) is 7.53. The standard InChI is InChI=1S/C27H49NO3S2Si/c1-21(31-34(4,5)6)32-25-19-22-17-18-27(25,26(22,2)3)20-33(29,30)28(23-13-9-7-10-14-23)24-15-11-8-12-16-24/h22-25H,1,7-20H2,2-6H3/t22-,25-,27-/m1/s1. The van der Waals surface area contributed by atoms with Crippen LogP contribution in [0.5, 0.6) is 0 Å². The number of rotatable bonds is 9. The Hall–Kier alpha value is 0.0169. The van der Waals surface area contributed by atoms with Crippen LogP contribution in [0.15, 0.2) is 11.7 Å². The number of nitrogens with zero attached hydrogens (tertiary/aromatic N) is 1. The van der Waals surface area contributed by atoms with Crippen LogP contribution in [-0.4, -0.2) is 44.1 Å². The second-order valence-corrected chi connectivity index (χ2v) is 20.8. The normalized spacial score (nSPS) is 32.9. The Kier molecular flexibility index (Phi) is 8.00. The maximum atomic E-state index is 14.5. The first-order chi connectivity index (χ1) is 15.9. The molecule has 34 heavy (non-hydrogen) atoms. The summed E-state index contributed by atoms with van der Waals surface area (Å²) in [4.78, 5) is 0. The molecule has 4 aliphatic carbocycles. The van der Waals surface area contributed by atoms with Gasteiger partial charge >= 0.3 is 0 Å². The highest BCUT2D eigenvalue weighted by atomic mass is 32.2. The second-order valence-electron chi connectivity index (χ2n) is 13.2. The summed E-state index contributed by atoms with van der Waals surface area (Å²) < 4.78 is 37.3. The predicted molar refractivity (Wildman–Crippen MR) is 148 cm³/mol. The van der Waals surface area contributed by atoms with Gasteiger partial charge in [-0.1, -0.05) is 70.7 Å². The molecule has 0 aromatic carbocycles. The van der Waals surface area contributed by atoms with Crippen LogP contribution in [0, 0.1) is 16.7 Å². The van der Waals surface area contributed by atoms with E-state index in [1.807, 2.05) is 0 Å². The Morgan fingerprint density at radius 2 is 1.50 bits per heavy atom. The number of hydrogen-bond donors (Lipinski definition) is 0. The van der Waals surface area contributed by atoms with E-state index < -0.39 is 18.3 Å². The Morgan fingerprint density at radius 1 is 0.971 bits per heavy atom. The smallest absolute Gasteiger partial charge is 0.242 e. The molecule has 0 aromatic heterocycles. The van der Waals surface area contributed by atoms with Gasteiger partial charge in [0.25, 0.3) is 0 Å². The molecule has 0 spiro atoms. The van der Waals surface area contributed by atoms with Gasteiger partial charge in [0.2, 0.25) is 18.3 Å². The molecule has 3 atom stereocenters. The first kappa shape index (κ1) is 27.1. The van der Waals surface area contributed by atoms with Crippen molar-refractivity contribution in [1.29, 1.82) is 0 Å². The highest BCUT2D eigenvalue weighted by Gasteiger charge is 2.66. The lowest BCUT2D eigenvalue weighted by molar-refractivity contribution is 0.143. The topological polar surface area (TPSA) is 46.6 Å². The Bertz CT molecular complexity index is 822. The molecule has 4 nitrogen and oxygen atoms in total. The van der Waals surface area contributed by atoms with Gasteiger partial charge in [0.15, 0.2) is 0 Å². The van der Waals surface area contributed by atoms with Crippen molar-refractivity contribution in [3.63, 3.8) is 0 Å². The van der Waals surface area contributed by atoms with Crippen LogP contribution in [0.3, 0.4) is 0 Å². The van der Waals surface area contributed by atoms with Gasteiger partial charge in [-0.3, -0.25) is 0 Å². The molecule has 2 bridgehead atoms. The fraction of sp³-hybridized carbons (Fsp3) is 0.926. The first-order valence-corrected chi connectivity index (χ1v) is 19.8. The minimum absolute atomic E-state index is 0.0297. The van der Waals surface area contributed by atoms with E-state index in [9.17, 15) is 8.42 Å². The summed E-state index contributed by atoms with van der Waals surface area (Å²) in [7, 11) is -5.10. The fourth-order valence-electron chi connectivity index (χ4n) is 7.85. The molecule has 0 amide bonds. The van der Waals surface area contributed by atoms with Crippen LogP contribution >= 0.6 is 11.8 Å². The van der Waals surface area contributed by atoms with E-state index in [0.717, 1.165) is 50.0 Å². The van der Waals surface area contributed by atoms with E-state index in [1.54, 1.807) is 11.8 Å². The summed E-state index contributed by atoms with van der Waals surface area (Å²) in [5.41, 5.74) is -0.170. The molecule has 0 N–H and O–H groups in total. The zero-order valence-corrected chi connectivity index (χ0v) is 25.0. The van der Waals surface area contributed by atoms with Gasteiger partial charge in [0, 0.05) is 22.7 Å². The molecule has 4 fully saturated rings. The van der Waals surface area contributed by atoms with Gasteiger partial charge < -0.3 is 4.43 Å². The third kappa shape index (κ3) is 5.33. The summed E-state index contributed by atoms with van der Waals surface area (Å²) >= 11 is 1.76. The van der Waals surface area contributed by atoms with Crippen molar-refractivity contribution in [3.05, 3.63) is 11.7 Å². The number of fused-ring (bicyclic) bond motifs is 2. The molecular formula is C27H49NO3S2Si.